The third kappa shape index (κ3) is 3.06. The van der Waals surface area contributed by atoms with E-state index in [1.807, 2.05) is 0 Å². The molecule has 1 fully saturated rings. The summed E-state index contributed by atoms with van der Waals surface area (Å²) in [6.07, 6.45) is 6.38. The average Bonchev–Trinajstić information content (AvgIpc) is 2.07. The van der Waals surface area contributed by atoms with Gasteiger partial charge in [-0.1, -0.05) is 13.3 Å². The Labute approximate surface area is 70.7 Å². The summed E-state index contributed by atoms with van der Waals surface area (Å²) in [4.78, 5) is 10.3. The van der Waals surface area contributed by atoms with Crippen LogP contribution in [0.25, 0.3) is 0 Å². The standard InChI is InChI=1S/C8H17NOP/c1-2-7-3-5-8(6-4-7)9-11-10/h7-9,11H,2-6H2,1H3/q-1. The highest BCUT2D eigenvalue weighted by Gasteiger charge is 2.17. The molecule has 0 radical (unpaired) electrons. The third-order valence-corrected chi connectivity index (χ3v) is 3.21. The number of hydrogen-bond donors (Lipinski definition) is 1. The van der Waals surface area contributed by atoms with Gasteiger partial charge in [0, 0.05) is 6.04 Å². The molecule has 2 nitrogen and oxygen atoms in total. The van der Waals surface area contributed by atoms with Crippen LogP contribution >= 0.6 is 8.96 Å². The van der Waals surface area contributed by atoms with E-state index in [1.165, 1.54) is 32.1 Å². The SMILES string of the molecule is CCC1CCC(NP[O-])CC1. The molecule has 3 heteroatoms. The summed E-state index contributed by atoms with van der Waals surface area (Å²) in [5, 5.41) is 3.00. The molecular weight excluding hydrogens is 157 g/mol. The Balaban J connectivity index is 2.14. The smallest absolute Gasteiger partial charge is 0.00889 e. The monoisotopic (exact) mass is 174 g/mol. The summed E-state index contributed by atoms with van der Waals surface area (Å²) in [6.45, 7) is 2.26. The summed E-state index contributed by atoms with van der Waals surface area (Å²) in [6, 6.07) is 0.536. The van der Waals surface area contributed by atoms with Crippen LogP contribution in [-0.2, 0) is 0 Å². The van der Waals surface area contributed by atoms with Crippen molar-refractivity contribution in [3.05, 3.63) is 0 Å². The molecule has 0 amide bonds. The van der Waals surface area contributed by atoms with Crippen LogP contribution in [0.2, 0.25) is 0 Å². The predicted octanol–water partition coefficient (Wildman–Crippen LogP) is 1.41. The molecule has 1 N–H and O–H groups in total. The second-order valence-corrected chi connectivity index (χ2v) is 3.87. The zero-order valence-electron chi connectivity index (χ0n) is 7.10. The van der Waals surface area contributed by atoms with Crippen molar-refractivity contribution in [2.75, 3.05) is 0 Å². The van der Waals surface area contributed by atoms with Crippen molar-refractivity contribution < 1.29 is 4.89 Å². The van der Waals surface area contributed by atoms with E-state index in [0.717, 1.165) is 5.92 Å². The molecule has 1 saturated carbocycles. The molecule has 0 bridgehead atoms. The molecule has 1 aliphatic rings. The van der Waals surface area contributed by atoms with Gasteiger partial charge in [0.1, 0.15) is 0 Å². The summed E-state index contributed by atoms with van der Waals surface area (Å²) >= 11 is 0. The fourth-order valence-electron chi connectivity index (χ4n) is 1.80. The van der Waals surface area contributed by atoms with Gasteiger partial charge < -0.3 is 9.98 Å². The van der Waals surface area contributed by atoms with Crippen LogP contribution in [0.5, 0.6) is 0 Å². The van der Waals surface area contributed by atoms with Gasteiger partial charge in [0.05, 0.1) is 0 Å². The van der Waals surface area contributed by atoms with Crippen molar-refractivity contribution in [3.63, 3.8) is 0 Å². The Hall–Kier alpha value is 0.350. The lowest BCUT2D eigenvalue weighted by atomic mass is 9.85. The molecule has 1 unspecified atom stereocenters. The van der Waals surface area contributed by atoms with Crippen molar-refractivity contribution in [3.8, 4) is 0 Å². The average molecular weight is 174 g/mol. The fraction of sp³-hybridized carbons (Fsp3) is 1.00. The molecule has 0 aromatic rings. The quantitative estimate of drug-likeness (QED) is 0.656. The first-order valence-electron chi connectivity index (χ1n) is 4.49. The van der Waals surface area contributed by atoms with E-state index in [4.69, 9.17) is 0 Å². The second kappa shape index (κ2) is 5.08. The topological polar surface area (TPSA) is 35.1 Å². The summed E-state index contributed by atoms with van der Waals surface area (Å²) in [7, 11) is -0.319. The van der Waals surface area contributed by atoms with Crippen LogP contribution in [0.15, 0.2) is 0 Å². The molecular formula is C8H17NOP-. The van der Waals surface area contributed by atoms with Gasteiger partial charge in [0.25, 0.3) is 0 Å². The van der Waals surface area contributed by atoms with Gasteiger partial charge in [0.15, 0.2) is 0 Å². The van der Waals surface area contributed by atoms with E-state index in [1.54, 1.807) is 0 Å². The minimum absolute atomic E-state index is 0.319. The first-order valence-corrected chi connectivity index (χ1v) is 5.40. The Bertz CT molecular complexity index is 102. The zero-order valence-corrected chi connectivity index (χ0v) is 8.10. The van der Waals surface area contributed by atoms with Crippen LogP contribution in [0.3, 0.4) is 0 Å². The number of rotatable bonds is 3. The van der Waals surface area contributed by atoms with E-state index >= 15 is 0 Å². The van der Waals surface area contributed by atoms with Crippen molar-refractivity contribution in [2.45, 2.75) is 45.1 Å². The highest BCUT2D eigenvalue weighted by molar-refractivity contribution is 7.26. The van der Waals surface area contributed by atoms with Gasteiger partial charge in [-0.2, -0.15) is 0 Å². The maximum absolute atomic E-state index is 10.3. The van der Waals surface area contributed by atoms with E-state index < -0.39 is 0 Å². The first kappa shape index (κ1) is 9.44. The van der Waals surface area contributed by atoms with Gasteiger partial charge >= 0.3 is 0 Å². The van der Waals surface area contributed by atoms with Crippen molar-refractivity contribution >= 4 is 8.96 Å². The molecule has 1 rings (SSSR count). The maximum atomic E-state index is 10.3. The van der Waals surface area contributed by atoms with Crippen LogP contribution in [-0.4, -0.2) is 6.04 Å². The minimum Gasteiger partial charge on any atom is -0.820 e. The van der Waals surface area contributed by atoms with Crippen molar-refractivity contribution in [1.29, 1.82) is 0 Å². The van der Waals surface area contributed by atoms with Gasteiger partial charge in [-0.05, 0) is 31.6 Å². The Kier molecular flexibility index (Phi) is 4.36. The second-order valence-electron chi connectivity index (χ2n) is 3.37. The Morgan fingerprint density at radius 1 is 1.36 bits per heavy atom. The molecule has 1 atom stereocenters. The molecule has 0 heterocycles. The highest BCUT2D eigenvalue weighted by atomic mass is 31.1. The highest BCUT2D eigenvalue weighted by Crippen LogP contribution is 2.27. The molecule has 0 saturated heterocycles. The van der Waals surface area contributed by atoms with Crippen LogP contribution < -0.4 is 9.98 Å². The van der Waals surface area contributed by atoms with Gasteiger partial charge in [-0.15, -0.1) is 8.96 Å². The van der Waals surface area contributed by atoms with Crippen molar-refractivity contribution in [1.82, 2.24) is 5.09 Å². The Morgan fingerprint density at radius 3 is 2.45 bits per heavy atom. The van der Waals surface area contributed by atoms with E-state index in [-0.39, 0.29) is 8.96 Å². The van der Waals surface area contributed by atoms with Gasteiger partial charge in [0.2, 0.25) is 0 Å². The fourth-order valence-corrected chi connectivity index (χ4v) is 2.25. The van der Waals surface area contributed by atoms with Crippen molar-refractivity contribution in [2.24, 2.45) is 5.92 Å². The lowest BCUT2D eigenvalue weighted by molar-refractivity contribution is -0.153. The number of nitrogens with one attached hydrogen (secondary N) is 1. The summed E-state index contributed by atoms with van der Waals surface area (Å²) in [5.41, 5.74) is 0. The lowest BCUT2D eigenvalue weighted by Crippen LogP contribution is -2.29. The molecule has 0 aromatic heterocycles. The van der Waals surface area contributed by atoms with Gasteiger partial charge in [-0.3, -0.25) is 0 Å². The van der Waals surface area contributed by atoms with Crippen LogP contribution in [0.1, 0.15) is 39.0 Å². The maximum Gasteiger partial charge on any atom is 0.00889 e. The van der Waals surface area contributed by atoms with E-state index in [2.05, 4.69) is 12.0 Å². The lowest BCUT2D eigenvalue weighted by Gasteiger charge is -2.29. The molecule has 0 aromatic carbocycles. The predicted molar refractivity (Wildman–Crippen MR) is 47.5 cm³/mol. The Morgan fingerprint density at radius 2 is 2.00 bits per heavy atom. The molecule has 0 spiro atoms. The molecule has 11 heavy (non-hydrogen) atoms. The van der Waals surface area contributed by atoms with Crippen LogP contribution in [0.4, 0.5) is 0 Å². The number of hydrogen-bond acceptors (Lipinski definition) is 2. The van der Waals surface area contributed by atoms with Gasteiger partial charge in [-0.25, -0.2) is 0 Å². The normalized spacial score (nSPS) is 33.3. The minimum atomic E-state index is -0.319. The molecule has 66 valence electrons. The van der Waals surface area contributed by atoms with E-state index in [0.29, 0.717) is 6.04 Å². The summed E-state index contributed by atoms with van der Waals surface area (Å²) < 4.78 is 0. The summed E-state index contributed by atoms with van der Waals surface area (Å²) in [5.74, 6) is 0.933. The zero-order chi connectivity index (χ0) is 8.10. The van der Waals surface area contributed by atoms with E-state index in [9.17, 15) is 4.89 Å². The molecule has 0 aliphatic heterocycles. The van der Waals surface area contributed by atoms with Crippen LogP contribution in [0, 0.1) is 5.92 Å². The largest absolute Gasteiger partial charge is 0.820 e. The third-order valence-electron chi connectivity index (χ3n) is 2.69. The molecule has 1 aliphatic carbocycles. The first-order chi connectivity index (χ1) is 5.36.